The van der Waals surface area contributed by atoms with Crippen LogP contribution < -0.4 is 5.32 Å². The molecular formula is C15H19NO6. The van der Waals surface area contributed by atoms with Crippen LogP contribution in [0.5, 0.6) is 0 Å². The third-order valence-corrected chi connectivity index (χ3v) is 2.72. The SMILES string of the molecule is CCOC(=O)NC(CCC(=O)O)C(=O)OCc1ccccc1. The molecule has 120 valence electrons. The van der Waals surface area contributed by atoms with Crippen molar-refractivity contribution in [2.45, 2.75) is 32.4 Å². The van der Waals surface area contributed by atoms with Gasteiger partial charge < -0.3 is 19.9 Å². The van der Waals surface area contributed by atoms with Crippen LogP contribution >= 0.6 is 0 Å². The second-order valence-corrected chi connectivity index (χ2v) is 4.44. The van der Waals surface area contributed by atoms with Gasteiger partial charge >= 0.3 is 18.0 Å². The average molecular weight is 309 g/mol. The fourth-order valence-corrected chi connectivity index (χ4v) is 1.66. The minimum Gasteiger partial charge on any atom is -0.481 e. The lowest BCUT2D eigenvalue weighted by molar-refractivity contribution is -0.148. The van der Waals surface area contributed by atoms with Crippen LogP contribution in [-0.4, -0.2) is 35.8 Å². The summed E-state index contributed by atoms with van der Waals surface area (Å²) in [6, 6.07) is 7.97. The quantitative estimate of drug-likeness (QED) is 0.709. The highest BCUT2D eigenvalue weighted by molar-refractivity contribution is 5.82. The maximum absolute atomic E-state index is 12.0. The Morgan fingerprint density at radius 3 is 2.45 bits per heavy atom. The first-order valence-corrected chi connectivity index (χ1v) is 6.88. The number of rotatable bonds is 8. The smallest absolute Gasteiger partial charge is 0.407 e. The largest absolute Gasteiger partial charge is 0.481 e. The first-order valence-electron chi connectivity index (χ1n) is 6.88. The van der Waals surface area contributed by atoms with Crippen LogP contribution in [0.1, 0.15) is 25.3 Å². The van der Waals surface area contributed by atoms with Crippen LogP contribution in [0, 0.1) is 0 Å². The number of carboxylic acid groups (broad SMARTS) is 1. The Kier molecular flexibility index (Phi) is 7.45. The van der Waals surface area contributed by atoms with Crippen LogP contribution in [0.4, 0.5) is 4.79 Å². The number of carbonyl (C=O) groups is 3. The monoisotopic (exact) mass is 309 g/mol. The summed E-state index contributed by atoms with van der Waals surface area (Å²) < 4.78 is 9.79. The standard InChI is InChI=1S/C15H19NO6/c1-2-21-15(20)16-12(8-9-13(17)18)14(19)22-10-11-6-4-3-5-7-11/h3-7,12H,2,8-10H2,1H3,(H,16,20)(H,17,18). The van der Waals surface area contributed by atoms with Gasteiger partial charge in [-0.15, -0.1) is 0 Å². The van der Waals surface area contributed by atoms with Gasteiger partial charge in [0.05, 0.1) is 6.61 Å². The molecule has 1 rings (SSSR count). The lowest BCUT2D eigenvalue weighted by Gasteiger charge is -2.16. The summed E-state index contributed by atoms with van der Waals surface area (Å²) in [4.78, 5) is 34.0. The highest BCUT2D eigenvalue weighted by Crippen LogP contribution is 2.05. The first kappa shape index (κ1) is 17.5. The van der Waals surface area contributed by atoms with Gasteiger partial charge in [-0.3, -0.25) is 4.79 Å². The molecule has 0 aromatic heterocycles. The lowest BCUT2D eigenvalue weighted by atomic mass is 10.1. The van der Waals surface area contributed by atoms with Gasteiger partial charge in [0.2, 0.25) is 0 Å². The van der Waals surface area contributed by atoms with Gasteiger partial charge in [-0.2, -0.15) is 0 Å². The molecule has 0 saturated heterocycles. The van der Waals surface area contributed by atoms with Gasteiger partial charge in [-0.25, -0.2) is 9.59 Å². The summed E-state index contributed by atoms with van der Waals surface area (Å²) >= 11 is 0. The second kappa shape index (κ2) is 9.38. The van der Waals surface area contributed by atoms with Crippen molar-refractivity contribution in [3.05, 3.63) is 35.9 Å². The summed E-state index contributed by atoms with van der Waals surface area (Å²) in [7, 11) is 0. The molecule has 0 fully saturated rings. The van der Waals surface area contributed by atoms with Gasteiger partial charge in [0.25, 0.3) is 0 Å². The van der Waals surface area contributed by atoms with Gasteiger partial charge in [0, 0.05) is 6.42 Å². The number of amides is 1. The molecule has 0 saturated carbocycles. The number of benzene rings is 1. The minimum absolute atomic E-state index is 0.0494. The number of aliphatic carboxylic acids is 1. The number of nitrogens with one attached hydrogen (secondary N) is 1. The second-order valence-electron chi connectivity index (χ2n) is 4.44. The molecule has 1 unspecified atom stereocenters. The predicted octanol–water partition coefficient (Wildman–Crippen LogP) is 1.71. The van der Waals surface area contributed by atoms with E-state index in [1.807, 2.05) is 18.2 Å². The number of hydrogen-bond acceptors (Lipinski definition) is 5. The van der Waals surface area contributed by atoms with Crippen LogP contribution in [-0.2, 0) is 25.7 Å². The normalized spacial score (nSPS) is 11.3. The average Bonchev–Trinajstić information content (AvgIpc) is 2.50. The maximum atomic E-state index is 12.0. The summed E-state index contributed by atoms with van der Waals surface area (Å²) in [5.74, 6) is -1.76. The molecule has 0 aliphatic rings. The molecular weight excluding hydrogens is 290 g/mol. The van der Waals surface area contributed by atoms with Crippen molar-refractivity contribution in [1.29, 1.82) is 0 Å². The van der Waals surface area contributed by atoms with Crippen molar-refractivity contribution in [1.82, 2.24) is 5.32 Å². The number of hydrogen-bond donors (Lipinski definition) is 2. The van der Waals surface area contributed by atoms with E-state index in [0.29, 0.717) is 0 Å². The third kappa shape index (κ3) is 6.74. The fraction of sp³-hybridized carbons (Fsp3) is 0.400. The lowest BCUT2D eigenvalue weighted by Crippen LogP contribution is -2.42. The highest BCUT2D eigenvalue weighted by atomic mass is 16.6. The van der Waals surface area contributed by atoms with E-state index in [1.165, 1.54) is 0 Å². The number of ether oxygens (including phenoxy) is 2. The Morgan fingerprint density at radius 2 is 1.86 bits per heavy atom. The van der Waals surface area contributed by atoms with Gasteiger partial charge in [-0.1, -0.05) is 30.3 Å². The molecule has 7 heteroatoms. The van der Waals surface area contributed by atoms with Crippen molar-refractivity contribution in [3.8, 4) is 0 Å². The molecule has 0 spiro atoms. The fourth-order valence-electron chi connectivity index (χ4n) is 1.66. The van der Waals surface area contributed by atoms with E-state index in [9.17, 15) is 14.4 Å². The number of carbonyl (C=O) groups excluding carboxylic acids is 2. The highest BCUT2D eigenvalue weighted by Gasteiger charge is 2.23. The van der Waals surface area contributed by atoms with Crippen molar-refractivity contribution >= 4 is 18.0 Å². The Hall–Kier alpha value is -2.57. The minimum atomic E-state index is -1.06. The molecule has 0 aliphatic carbocycles. The van der Waals surface area contributed by atoms with E-state index < -0.39 is 24.1 Å². The van der Waals surface area contributed by atoms with Crippen LogP contribution in [0.2, 0.25) is 0 Å². The van der Waals surface area contributed by atoms with Crippen molar-refractivity contribution < 1.29 is 29.0 Å². The van der Waals surface area contributed by atoms with Crippen molar-refractivity contribution in [2.75, 3.05) is 6.61 Å². The summed E-state index contributed by atoms with van der Waals surface area (Å²) in [6.07, 6.45) is -1.12. The van der Waals surface area contributed by atoms with Gasteiger partial charge in [0.15, 0.2) is 0 Å². The maximum Gasteiger partial charge on any atom is 0.407 e. The van der Waals surface area contributed by atoms with E-state index in [2.05, 4.69) is 10.1 Å². The van der Waals surface area contributed by atoms with E-state index in [-0.39, 0.29) is 26.1 Å². The molecule has 7 nitrogen and oxygen atoms in total. The Morgan fingerprint density at radius 1 is 1.18 bits per heavy atom. The topological polar surface area (TPSA) is 102 Å². The molecule has 0 radical (unpaired) electrons. The molecule has 0 heterocycles. The number of esters is 1. The van der Waals surface area contributed by atoms with E-state index >= 15 is 0 Å². The van der Waals surface area contributed by atoms with E-state index in [4.69, 9.17) is 9.84 Å². The molecule has 0 aliphatic heterocycles. The number of carboxylic acids is 1. The van der Waals surface area contributed by atoms with E-state index in [0.717, 1.165) is 5.56 Å². The zero-order valence-electron chi connectivity index (χ0n) is 12.3. The van der Waals surface area contributed by atoms with E-state index in [1.54, 1.807) is 19.1 Å². The Bertz CT molecular complexity index is 502. The molecule has 1 aromatic rings. The predicted molar refractivity (Wildman–Crippen MR) is 77.1 cm³/mol. The molecule has 0 bridgehead atoms. The first-order chi connectivity index (χ1) is 10.5. The number of alkyl carbamates (subject to hydrolysis) is 1. The molecule has 1 atom stereocenters. The molecule has 22 heavy (non-hydrogen) atoms. The van der Waals surface area contributed by atoms with Crippen LogP contribution in [0.3, 0.4) is 0 Å². The molecule has 1 amide bonds. The summed E-state index contributed by atoms with van der Waals surface area (Å²) in [6.45, 7) is 1.82. The van der Waals surface area contributed by atoms with Gasteiger partial charge in [-0.05, 0) is 18.9 Å². The molecule has 2 N–H and O–H groups in total. The Labute approximate surface area is 128 Å². The zero-order chi connectivity index (χ0) is 16.4. The third-order valence-electron chi connectivity index (χ3n) is 2.72. The van der Waals surface area contributed by atoms with Crippen LogP contribution in [0.25, 0.3) is 0 Å². The zero-order valence-corrected chi connectivity index (χ0v) is 12.3. The summed E-state index contributed by atoms with van der Waals surface area (Å²) in [5.41, 5.74) is 0.795. The van der Waals surface area contributed by atoms with Gasteiger partial charge in [0.1, 0.15) is 12.6 Å². The molecule has 1 aromatic carbocycles. The van der Waals surface area contributed by atoms with Crippen molar-refractivity contribution in [3.63, 3.8) is 0 Å². The van der Waals surface area contributed by atoms with Crippen LogP contribution in [0.15, 0.2) is 30.3 Å². The Balaban J connectivity index is 2.57. The summed E-state index contributed by atoms with van der Waals surface area (Å²) in [5, 5.41) is 11.0. The van der Waals surface area contributed by atoms with Crippen molar-refractivity contribution in [2.24, 2.45) is 0 Å².